The molecule has 0 spiro atoms. The Labute approximate surface area is 140 Å². The van der Waals surface area contributed by atoms with E-state index < -0.39 is 6.10 Å². The lowest BCUT2D eigenvalue weighted by atomic mass is 9.72. The van der Waals surface area contributed by atoms with Crippen molar-refractivity contribution in [3.05, 3.63) is 45.0 Å². The van der Waals surface area contributed by atoms with Gasteiger partial charge >= 0.3 is 0 Å². The molecule has 3 atom stereocenters. The Morgan fingerprint density at radius 1 is 1.18 bits per heavy atom. The number of rotatable bonds is 2. The summed E-state index contributed by atoms with van der Waals surface area (Å²) in [5.74, 6) is 0.000190. The van der Waals surface area contributed by atoms with Gasteiger partial charge < -0.3 is 15.3 Å². The number of aliphatic hydroxyl groups excluding tert-OH is 1. The molecule has 1 aliphatic carbocycles. The van der Waals surface area contributed by atoms with Gasteiger partial charge in [-0.1, -0.05) is 18.2 Å². The lowest BCUT2D eigenvalue weighted by molar-refractivity contribution is 0.168. The van der Waals surface area contributed by atoms with Gasteiger partial charge in [-0.2, -0.15) is 0 Å². The van der Waals surface area contributed by atoms with Crippen LogP contribution in [-0.2, 0) is 0 Å². The molecule has 120 valence electrons. The Balaban J connectivity index is 2.70. The summed E-state index contributed by atoms with van der Waals surface area (Å²) in [4.78, 5) is 0. The van der Waals surface area contributed by atoms with Crippen LogP contribution in [0.25, 0.3) is 0 Å². The first-order chi connectivity index (χ1) is 10.2. The van der Waals surface area contributed by atoms with Crippen LogP contribution in [0.15, 0.2) is 28.3 Å². The van der Waals surface area contributed by atoms with E-state index in [1.165, 1.54) is 0 Å². The topological polar surface area (TPSA) is 60.7 Å². The van der Waals surface area contributed by atoms with E-state index in [-0.39, 0.29) is 23.3 Å². The molecule has 0 saturated heterocycles. The Morgan fingerprint density at radius 3 is 2.14 bits per heavy atom. The van der Waals surface area contributed by atoms with Gasteiger partial charge in [-0.05, 0) is 61.5 Å². The fourth-order valence-electron chi connectivity index (χ4n) is 3.20. The molecule has 22 heavy (non-hydrogen) atoms. The van der Waals surface area contributed by atoms with Gasteiger partial charge in [-0.15, -0.1) is 0 Å². The van der Waals surface area contributed by atoms with Gasteiger partial charge in [0.15, 0.2) is 0 Å². The van der Waals surface area contributed by atoms with Gasteiger partial charge in [0.25, 0.3) is 0 Å². The van der Waals surface area contributed by atoms with Crippen molar-refractivity contribution in [3.8, 4) is 11.5 Å². The third kappa shape index (κ3) is 2.70. The lowest BCUT2D eigenvalue weighted by Gasteiger charge is -2.34. The number of hydrogen-bond donors (Lipinski definition) is 3. The number of benzene rings is 1. The average Bonchev–Trinajstić information content (AvgIpc) is 2.46. The minimum atomic E-state index is -0.500. The molecule has 0 saturated carbocycles. The van der Waals surface area contributed by atoms with Crippen LogP contribution in [-0.4, -0.2) is 21.4 Å². The van der Waals surface area contributed by atoms with Crippen molar-refractivity contribution in [3.63, 3.8) is 0 Å². The largest absolute Gasteiger partial charge is 0.507 e. The number of aliphatic hydroxyl groups is 1. The van der Waals surface area contributed by atoms with Crippen molar-refractivity contribution in [2.75, 3.05) is 0 Å². The molecule has 3 nitrogen and oxygen atoms in total. The van der Waals surface area contributed by atoms with Crippen molar-refractivity contribution in [1.29, 1.82) is 0 Å². The molecule has 2 rings (SSSR count). The lowest BCUT2D eigenvalue weighted by Crippen LogP contribution is -2.26. The highest BCUT2D eigenvalue weighted by Gasteiger charge is 2.34. The molecule has 0 aliphatic heterocycles. The standard InChI is InChI=1S/C18H23BrO3/c1-8(2)12-7-14(20)9(3)6-13(12)15-17(21)10(4)16(19)11(5)18(15)22/h6,12-14,20-22H,1,7H2,2-5H3/t12-,13+,14-/m0/s1. The normalized spacial score (nSPS) is 25.0. The predicted octanol–water partition coefficient (Wildman–Crippen LogP) is 4.46. The first kappa shape index (κ1) is 17.1. The Morgan fingerprint density at radius 2 is 1.68 bits per heavy atom. The van der Waals surface area contributed by atoms with Crippen LogP contribution in [0.4, 0.5) is 0 Å². The quantitative estimate of drug-likeness (QED) is 0.676. The third-order valence-corrected chi connectivity index (χ3v) is 5.91. The molecule has 0 unspecified atom stereocenters. The van der Waals surface area contributed by atoms with Crippen LogP contribution in [0.3, 0.4) is 0 Å². The molecule has 1 aromatic rings. The molecule has 0 aromatic heterocycles. The van der Waals surface area contributed by atoms with E-state index in [9.17, 15) is 15.3 Å². The second-order valence-electron chi connectivity index (χ2n) is 6.32. The second-order valence-corrected chi connectivity index (χ2v) is 7.11. The van der Waals surface area contributed by atoms with Crippen molar-refractivity contribution in [2.24, 2.45) is 5.92 Å². The predicted molar refractivity (Wildman–Crippen MR) is 92.4 cm³/mol. The molecular formula is C18H23BrO3. The summed E-state index contributed by atoms with van der Waals surface area (Å²) in [7, 11) is 0. The highest BCUT2D eigenvalue weighted by Crippen LogP contribution is 2.50. The van der Waals surface area contributed by atoms with E-state index in [2.05, 4.69) is 22.5 Å². The van der Waals surface area contributed by atoms with Gasteiger partial charge in [0.2, 0.25) is 0 Å². The highest BCUT2D eigenvalue weighted by molar-refractivity contribution is 9.10. The van der Waals surface area contributed by atoms with E-state index in [1.807, 2.05) is 33.8 Å². The van der Waals surface area contributed by atoms with E-state index in [0.717, 1.165) is 15.6 Å². The first-order valence-corrected chi connectivity index (χ1v) is 8.18. The summed E-state index contributed by atoms with van der Waals surface area (Å²) >= 11 is 3.41. The fraction of sp³-hybridized carbons (Fsp3) is 0.444. The zero-order valence-electron chi connectivity index (χ0n) is 13.4. The molecule has 4 heteroatoms. The zero-order valence-corrected chi connectivity index (χ0v) is 15.0. The van der Waals surface area contributed by atoms with Crippen LogP contribution < -0.4 is 0 Å². The molecule has 0 radical (unpaired) electrons. The average molecular weight is 367 g/mol. The molecule has 0 bridgehead atoms. The second kappa shape index (κ2) is 6.09. The molecule has 0 fully saturated rings. The first-order valence-electron chi connectivity index (χ1n) is 7.39. The van der Waals surface area contributed by atoms with E-state index in [4.69, 9.17) is 0 Å². The molecule has 0 amide bonds. The monoisotopic (exact) mass is 366 g/mol. The minimum absolute atomic E-state index is 0.0181. The molecule has 0 heterocycles. The smallest absolute Gasteiger partial charge is 0.127 e. The summed E-state index contributed by atoms with van der Waals surface area (Å²) < 4.78 is 0.717. The van der Waals surface area contributed by atoms with Crippen LogP contribution in [0, 0.1) is 19.8 Å². The van der Waals surface area contributed by atoms with Crippen molar-refractivity contribution < 1.29 is 15.3 Å². The van der Waals surface area contributed by atoms with Crippen LogP contribution >= 0.6 is 15.9 Å². The third-order valence-electron chi connectivity index (χ3n) is 4.72. The van der Waals surface area contributed by atoms with Gasteiger partial charge in [0.1, 0.15) is 11.5 Å². The fourth-order valence-corrected chi connectivity index (χ4v) is 3.57. The number of phenols is 2. The molecule has 1 aliphatic rings. The Kier molecular flexibility index (Phi) is 4.73. The van der Waals surface area contributed by atoms with Crippen LogP contribution in [0.1, 0.15) is 42.9 Å². The maximum absolute atomic E-state index is 10.6. The number of aromatic hydroxyl groups is 2. The summed E-state index contributed by atoms with van der Waals surface area (Å²) in [6.45, 7) is 11.5. The SMILES string of the molecule is C=C(C)[C@@H]1C[C@H](O)C(C)=C[C@H]1c1c(O)c(C)c(Br)c(C)c1O. The van der Waals surface area contributed by atoms with Gasteiger partial charge in [-0.25, -0.2) is 0 Å². The summed E-state index contributed by atoms with van der Waals surface area (Å²) in [6.07, 6.45) is 1.99. The van der Waals surface area contributed by atoms with Crippen LogP contribution in [0.2, 0.25) is 0 Å². The summed E-state index contributed by atoms with van der Waals surface area (Å²) in [5, 5.41) is 31.3. The summed E-state index contributed by atoms with van der Waals surface area (Å²) in [6, 6.07) is 0. The van der Waals surface area contributed by atoms with E-state index in [0.29, 0.717) is 23.1 Å². The maximum atomic E-state index is 10.6. The molecular weight excluding hydrogens is 344 g/mol. The van der Waals surface area contributed by atoms with Crippen molar-refractivity contribution in [2.45, 2.75) is 46.1 Å². The van der Waals surface area contributed by atoms with Crippen LogP contribution in [0.5, 0.6) is 11.5 Å². The number of allylic oxidation sites excluding steroid dienone is 2. The van der Waals surface area contributed by atoms with Crippen molar-refractivity contribution >= 4 is 15.9 Å². The highest BCUT2D eigenvalue weighted by atomic mass is 79.9. The molecule has 3 N–H and O–H groups in total. The maximum Gasteiger partial charge on any atom is 0.127 e. The number of halogens is 1. The van der Waals surface area contributed by atoms with Gasteiger partial charge in [0, 0.05) is 27.1 Å². The molecule has 1 aromatic carbocycles. The number of hydrogen-bond acceptors (Lipinski definition) is 3. The zero-order chi connectivity index (χ0) is 16.8. The van der Waals surface area contributed by atoms with E-state index >= 15 is 0 Å². The van der Waals surface area contributed by atoms with Gasteiger partial charge in [-0.3, -0.25) is 0 Å². The van der Waals surface area contributed by atoms with Gasteiger partial charge in [0.05, 0.1) is 6.10 Å². The van der Waals surface area contributed by atoms with E-state index in [1.54, 1.807) is 0 Å². The number of phenolic OH excluding ortho intramolecular Hbond substituents is 2. The Hall–Kier alpha value is -1.26. The summed E-state index contributed by atoms with van der Waals surface area (Å²) in [5.41, 5.74) is 3.74. The van der Waals surface area contributed by atoms with Crippen molar-refractivity contribution in [1.82, 2.24) is 0 Å². The Bertz CT molecular complexity index is 632. The minimum Gasteiger partial charge on any atom is -0.507 e.